The van der Waals surface area contributed by atoms with E-state index in [1.54, 1.807) is 0 Å². The van der Waals surface area contributed by atoms with Gasteiger partial charge in [-0.05, 0) is 26.7 Å². The van der Waals surface area contributed by atoms with E-state index in [0.29, 0.717) is 11.6 Å². The van der Waals surface area contributed by atoms with Crippen LogP contribution in [-0.2, 0) is 0 Å². The minimum atomic E-state index is 0.328. The van der Waals surface area contributed by atoms with E-state index >= 15 is 0 Å². The molecule has 0 aromatic carbocycles. The zero-order chi connectivity index (χ0) is 11.5. The van der Waals surface area contributed by atoms with Crippen molar-refractivity contribution in [2.45, 2.75) is 59.0 Å². The maximum absolute atomic E-state index is 3.57. The molecule has 0 saturated carbocycles. The third-order valence-electron chi connectivity index (χ3n) is 3.87. The van der Waals surface area contributed by atoms with Crippen LogP contribution >= 0.6 is 0 Å². The van der Waals surface area contributed by atoms with Gasteiger partial charge in [-0.3, -0.25) is 4.90 Å². The fourth-order valence-corrected chi connectivity index (χ4v) is 2.36. The highest BCUT2D eigenvalue weighted by Gasteiger charge is 2.32. The third-order valence-corrected chi connectivity index (χ3v) is 3.87. The van der Waals surface area contributed by atoms with E-state index < -0.39 is 0 Å². The lowest BCUT2D eigenvalue weighted by Gasteiger charge is -2.46. The Hall–Kier alpha value is -0.0800. The average molecular weight is 212 g/mol. The van der Waals surface area contributed by atoms with Gasteiger partial charge in [-0.15, -0.1) is 0 Å². The van der Waals surface area contributed by atoms with Crippen molar-refractivity contribution in [1.82, 2.24) is 10.2 Å². The molecule has 1 heterocycles. The molecule has 0 aliphatic carbocycles. The molecule has 0 spiro atoms. The van der Waals surface area contributed by atoms with Crippen LogP contribution in [0.25, 0.3) is 0 Å². The summed E-state index contributed by atoms with van der Waals surface area (Å²) in [6.45, 7) is 15.2. The maximum Gasteiger partial charge on any atom is 0.0278 e. The van der Waals surface area contributed by atoms with Crippen molar-refractivity contribution in [3.8, 4) is 0 Å². The Bertz CT molecular complexity index is 185. The van der Waals surface area contributed by atoms with E-state index in [9.17, 15) is 0 Å². The van der Waals surface area contributed by atoms with Crippen LogP contribution in [0.3, 0.4) is 0 Å². The minimum absolute atomic E-state index is 0.328. The summed E-state index contributed by atoms with van der Waals surface area (Å²) < 4.78 is 0. The molecule has 1 aliphatic rings. The monoisotopic (exact) mass is 212 g/mol. The number of nitrogens with one attached hydrogen (secondary N) is 1. The molecule has 90 valence electrons. The number of hydrogen-bond acceptors (Lipinski definition) is 2. The molecule has 0 aromatic heterocycles. The van der Waals surface area contributed by atoms with Gasteiger partial charge in [-0.25, -0.2) is 0 Å². The first-order valence-electron chi connectivity index (χ1n) is 6.48. The van der Waals surface area contributed by atoms with Crippen LogP contribution < -0.4 is 5.32 Å². The zero-order valence-electron chi connectivity index (χ0n) is 11.1. The van der Waals surface area contributed by atoms with Crippen molar-refractivity contribution < 1.29 is 0 Å². The molecule has 2 nitrogen and oxygen atoms in total. The number of hydrogen-bond donors (Lipinski definition) is 1. The standard InChI is InChI=1S/C13H28N2/c1-6-12(7-2)9-15-8-11(3)14-10-13(15,4)5/h11-12,14H,6-10H2,1-5H3. The Morgan fingerprint density at radius 1 is 1.33 bits per heavy atom. The molecule has 1 rings (SSSR count). The highest BCUT2D eigenvalue weighted by molar-refractivity contribution is 4.92. The predicted octanol–water partition coefficient (Wildman–Crippen LogP) is 2.49. The minimum Gasteiger partial charge on any atom is -0.311 e. The largest absolute Gasteiger partial charge is 0.311 e. The molecule has 0 amide bonds. The van der Waals surface area contributed by atoms with Gasteiger partial charge in [0.25, 0.3) is 0 Å². The van der Waals surface area contributed by atoms with Gasteiger partial charge in [0, 0.05) is 31.2 Å². The van der Waals surface area contributed by atoms with Gasteiger partial charge in [-0.2, -0.15) is 0 Å². The average Bonchev–Trinajstić information content (AvgIpc) is 2.19. The second kappa shape index (κ2) is 5.31. The lowest BCUT2D eigenvalue weighted by Crippen LogP contribution is -2.61. The first kappa shape index (κ1) is 13.0. The van der Waals surface area contributed by atoms with Crippen molar-refractivity contribution in [2.24, 2.45) is 5.92 Å². The molecular formula is C13H28N2. The topological polar surface area (TPSA) is 15.3 Å². The Morgan fingerprint density at radius 2 is 1.93 bits per heavy atom. The molecule has 1 unspecified atom stereocenters. The number of rotatable bonds is 4. The van der Waals surface area contributed by atoms with Gasteiger partial charge in [-0.1, -0.05) is 26.7 Å². The van der Waals surface area contributed by atoms with Crippen molar-refractivity contribution >= 4 is 0 Å². The van der Waals surface area contributed by atoms with E-state index in [-0.39, 0.29) is 0 Å². The van der Waals surface area contributed by atoms with Crippen LogP contribution in [0.2, 0.25) is 0 Å². The summed E-state index contributed by atoms with van der Waals surface area (Å²) >= 11 is 0. The van der Waals surface area contributed by atoms with E-state index in [0.717, 1.165) is 12.5 Å². The van der Waals surface area contributed by atoms with Crippen LogP contribution in [0.15, 0.2) is 0 Å². The Morgan fingerprint density at radius 3 is 2.47 bits per heavy atom. The van der Waals surface area contributed by atoms with Gasteiger partial charge >= 0.3 is 0 Å². The fraction of sp³-hybridized carbons (Fsp3) is 1.00. The van der Waals surface area contributed by atoms with E-state index in [2.05, 4.69) is 44.8 Å². The van der Waals surface area contributed by atoms with Crippen molar-refractivity contribution in [3.05, 3.63) is 0 Å². The summed E-state index contributed by atoms with van der Waals surface area (Å²) in [6, 6.07) is 0.646. The molecular weight excluding hydrogens is 184 g/mol. The molecule has 1 aliphatic heterocycles. The summed E-state index contributed by atoms with van der Waals surface area (Å²) in [7, 11) is 0. The van der Waals surface area contributed by atoms with Crippen LogP contribution in [0.1, 0.15) is 47.5 Å². The van der Waals surface area contributed by atoms with Crippen molar-refractivity contribution in [3.63, 3.8) is 0 Å². The highest BCUT2D eigenvalue weighted by Crippen LogP contribution is 2.22. The first-order valence-corrected chi connectivity index (χ1v) is 6.48. The van der Waals surface area contributed by atoms with E-state index in [1.807, 2.05) is 0 Å². The normalized spacial score (nSPS) is 27.2. The van der Waals surface area contributed by atoms with Crippen LogP contribution in [0, 0.1) is 5.92 Å². The summed E-state index contributed by atoms with van der Waals surface area (Å²) in [4.78, 5) is 2.67. The highest BCUT2D eigenvalue weighted by atomic mass is 15.3. The van der Waals surface area contributed by atoms with Crippen molar-refractivity contribution in [1.29, 1.82) is 0 Å². The van der Waals surface area contributed by atoms with Crippen LogP contribution in [0.4, 0.5) is 0 Å². The predicted molar refractivity (Wildman–Crippen MR) is 67.2 cm³/mol. The molecule has 1 N–H and O–H groups in total. The second-order valence-electron chi connectivity index (χ2n) is 5.68. The molecule has 0 aromatic rings. The lowest BCUT2D eigenvalue weighted by molar-refractivity contribution is 0.0529. The van der Waals surface area contributed by atoms with E-state index in [4.69, 9.17) is 0 Å². The molecule has 0 radical (unpaired) electrons. The summed E-state index contributed by atoms with van der Waals surface area (Å²) in [6.07, 6.45) is 2.62. The van der Waals surface area contributed by atoms with Crippen LogP contribution in [-0.4, -0.2) is 36.1 Å². The molecule has 2 heteroatoms. The number of piperazine rings is 1. The number of nitrogens with zero attached hydrogens (tertiary/aromatic N) is 1. The molecule has 1 fully saturated rings. The molecule has 1 saturated heterocycles. The Kier molecular flexibility index (Phi) is 4.60. The molecule has 0 bridgehead atoms. The first-order chi connectivity index (χ1) is 6.99. The van der Waals surface area contributed by atoms with Gasteiger partial charge in [0.1, 0.15) is 0 Å². The maximum atomic E-state index is 3.57. The van der Waals surface area contributed by atoms with E-state index in [1.165, 1.54) is 25.9 Å². The van der Waals surface area contributed by atoms with Crippen LogP contribution in [0.5, 0.6) is 0 Å². The summed E-state index contributed by atoms with van der Waals surface area (Å²) in [5.74, 6) is 0.870. The Balaban J connectivity index is 2.56. The van der Waals surface area contributed by atoms with Gasteiger partial charge in [0.15, 0.2) is 0 Å². The fourth-order valence-electron chi connectivity index (χ4n) is 2.36. The van der Waals surface area contributed by atoms with Gasteiger partial charge in [0.2, 0.25) is 0 Å². The zero-order valence-corrected chi connectivity index (χ0v) is 11.1. The lowest BCUT2D eigenvalue weighted by atomic mass is 9.94. The quantitative estimate of drug-likeness (QED) is 0.770. The molecule has 1 atom stereocenters. The second-order valence-corrected chi connectivity index (χ2v) is 5.68. The Labute approximate surface area is 95.4 Å². The SMILES string of the molecule is CCC(CC)CN1CC(C)NCC1(C)C. The summed E-state index contributed by atoms with van der Waals surface area (Å²) in [5.41, 5.74) is 0.328. The van der Waals surface area contributed by atoms with Crippen molar-refractivity contribution in [2.75, 3.05) is 19.6 Å². The van der Waals surface area contributed by atoms with Gasteiger partial charge < -0.3 is 5.32 Å². The smallest absolute Gasteiger partial charge is 0.0278 e. The van der Waals surface area contributed by atoms with Gasteiger partial charge in [0.05, 0.1) is 0 Å². The summed E-state index contributed by atoms with van der Waals surface area (Å²) in [5, 5.41) is 3.57. The third kappa shape index (κ3) is 3.46. The molecule has 15 heavy (non-hydrogen) atoms.